The van der Waals surface area contributed by atoms with E-state index in [0.29, 0.717) is 28.4 Å². The van der Waals surface area contributed by atoms with Gasteiger partial charge in [0.1, 0.15) is 11.5 Å². The van der Waals surface area contributed by atoms with Gasteiger partial charge in [0.05, 0.1) is 30.9 Å². The third kappa shape index (κ3) is 3.58. The highest BCUT2D eigenvalue weighted by atomic mass is 16.5. The molecule has 0 radical (unpaired) electrons. The minimum Gasteiger partial charge on any atom is -0.497 e. The number of nitrogens with one attached hydrogen (secondary N) is 1. The molecule has 27 heavy (non-hydrogen) atoms. The fourth-order valence-corrected chi connectivity index (χ4v) is 3.02. The van der Waals surface area contributed by atoms with E-state index in [9.17, 15) is 4.79 Å². The maximum Gasteiger partial charge on any atom is 0.256 e. The molecule has 0 saturated heterocycles. The first-order valence-corrected chi connectivity index (χ1v) is 8.72. The number of hydrogen-bond donors (Lipinski definition) is 1. The van der Waals surface area contributed by atoms with E-state index < -0.39 is 0 Å². The van der Waals surface area contributed by atoms with Crippen molar-refractivity contribution in [3.63, 3.8) is 0 Å². The molecule has 0 aliphatic carbocycles. The first-order valence-electron chi connectivity index (χ1n) is 8.72. The summed E-state index contributed by atoms with van der Waals surface area (Å²) in [5, 5.41) is 8.13. The topological polar surface area (TPSA) is 78.3 Å². The number of aromatic nitrogens is 3. The van der Waals surface area contributed by atoms with E-state index in [0.717, 1.165) is 16.8 Å². The highest BCUT2D eigenvalue weighted by molar-refractivity contribution is 6.12. The molecule has 3 aromatic rings. The molecular formula is C20H24N4O3. The van der Waals surface area contributed by atoms with Crippen molar-refractivity contribution in [2.45, 2.75) is 26.7 Å². The number of benzene rings is 1. The molecule has 0 aliphatic rings. The second-order valence-corrected chi connectivity index (χ2v) is 6.71. The van der Waals surface area contributed by atoms with E-state index >= 15 is 0 Å². The minimum atomic E-state index is -0.226. The number of aryl methyl sites for hydroxylation is 2. The zero-order valence-electron chi connectivity index (χ0n) is 16.5. The average Bonchev–Trinajstić information content (AvgIpc) is 2.94. The Morgan fingerprint density at radius 3 is 2.30 bits per heavy atom. The van der Waals surface area contributed by atoms with E-state index in [2.05, 4.69) is 15.4 Å². The second kappa shape index (κ2) is 7.26. The Balaban J connectivity index is 2.08. The standard InChI is InChI=1S/C20H24N4O3/c1-11(2)17-10-16(18-12(3)23-24(4)19(18)22-17)20(25)21-13-7-14(26-5)9-15(8-13)27-6/h7-11H,1-6H3,(H,21,25). The van der Waals surface area contributed by atoms with Gasteiger partial charge < -0.3 is 14.8 Å². The van der Waals surface area contributed by atoms with E-state index in [4.69, 9.17) is 9.47 Å². The molecule has 0 unspecified atom stereocenters. The van der Waals surface area contributed by atoms with Gasteiger partial charge in [-0.1, -0.05) is 13.8 Å². The first-order chi connectivity index (χ1) is 12.8. The molecule has 1 N–H and O–H groups in total. The van der Waals surface area contributed by atoms with Crippen molar-refractivity contribution in [2.75, 3.05) is 19.5 Å². The fourth-order valence-electron chi connectivity index (χ4n) is 3.02. The second-order valence-electron chi connectivity index (χ2n) is 6.71. The Morgan fingerprint density at radius 2 is 1.74 bits per heavy atom. The molecule has 2 aromatic heterocycles. The number of methoxy groups -OCH3 is 2. The highest BCUT2D eigenvalue weighted by Gasteiger charge is 2.20. The minimum absolute atomic E-state index is 0.188. The van der Waals surface area contributed by atoms with Crippen molar-refractivity contribution in [1.29, 1.82) is 0 Å². The zero-order valence-corrected chi connectivity index (χ0v) is 16.5. The quantitative estimate of drug-likeness (QED) is 0.743. The number of amides is 1. The van der Waals surface area contributed by atoms with Gasteiger partial charge in [0.2, 0.25) is 0 Å². The largest absolute Gasteiger partial charge is 0.497 e. The van der Waals surface area contributed by atoms with Crippen LogP contribution >= 0.6 is 0 Å². The summed E-state index contributed by atoms with van der Waals surface area (Å²) in [6.07, 6.45) is 0. The molecule has 0 aliphatic heterocycles. The molecule has 0 saturated carbocycles. The van der Waals surface area contributed by atoms with Crippen molar-refractivity contribution in [1.82, 2.24) is 14.8 Å². The normalized spacial score (nSPS) is 11.1. The van der Waals surface area contributed by atoms with Gasteiger partial charge in [-0.15, -0.1) is 0 Å². The smallest absolute Gasteiger partial charge is 0.256 e. The average molecular weight is 368 g/mol. The van der Waals surface area contributed by atoms with Crippen LogP contribution in [0, 0.1) is 6.92 Å². The molecule has 0 spiro atoms. The number of carbonyl (C=O) groups is 1. The molecule has 2 heterocycles. The monoisotopic (exact) mass is 368 g/mol. The summed E-state index contributed by atoms with van der Waals surface area (Å²) < 4.78 is 12.3. The van der Waals surface area contributed by atoms with Crippen molar-refractivity contribution in [3.8, 4) is 11.5 Å². The number of carbonyl (C=O) groups excluding carboxylic acids is 1. The summed E-state index contributed by atoms with van der Waals surface area (Å²) >= 11 is 0. The number of ether oxygens (including phenoxy) is 2. The molecule has 7 nitrogen and oxygen atoms in total. The summed E-state index contributed by atoms with van der Waals surface area (Å²) in [6.45, 7) is 5.97. The lowest BCUT2D eigenvalue weighted by Crippen LogP contribution is -2.14. The van der Waals surface area contributed by atoms with Crippen LogP contribution in [0.3, 0.4) is 0 Å². The van der Waals surface area contributed by atoms with Crippen LogP contribution in [0.2, 0.25) is 0 Å². The van der Waals surface area contributed by atoms with Crippen LogP contribution in [0.15, 0.2) is 24.3 Å². The maximum atomic E-state index is 13.1. The SMILES string of the molecule is COc1cc(NC(=O)c2cc(C(C)C)nc3c2c(C)nn3C)cc(OC)c1. The van der Waals surface area contributed by atoms with Crippen molar-refractivity contribution < 1.29 is 14.3 Å². The van der Waals surface area contributed by atoms with Gasteiger partial charge in [0.25, 0.3) is 5.91 Å². The van der Waals surface area contributed by atoms with Gasteiger partial charge in [-0.25, -0.2) is 4.98 Å². The van der Waals surface area contributed by atoms with Crippen LogP contribution in [-0.4, -0.2) is 34.9 Å². The summed E-state index contributed by atoms with van der Waals surface area (Å²) in [5.74, 6) is 1.17. The van der Waals surface area contributed by atoms with Crippen LogP contribution in [0.4, 0.5) is 5.69 Å². The molecule has 1 amide bonds. The molecule has 0 fully saturated rings. The Morgan fingerprint density at radius 1 is 1.11 bits per heavy atom. The summed E-state index contributed by atoms with van der Waals surface area (Å²) in [6, 6.07) is 7.09. The number of nitrogens with zero attached hydrogens (tertiary/aromatic N) is 3. The van der Waals surface area contributed by atoms with Crippen molar-refractivity contribution >= 4 is 22.6 Å². The number of fused-ring (bicyclic) bond motifs is 1. The Kier molecular flexibility index (Phi) is 5.03. The summed E-state index contributed by atoms with van der Waals surface area (Å²) in [5.41, 5.74) is 3.46. The highest BCUT2D eigenvalue weighted by Crippen LogP contribution is 2.28. The van der Waals surface area contributed by atoms with Gasteiger partial charge in [-0.3, -0.25) is 9.48 Å². The molecule has 142 valence electrons. The Labute approximate surface area is 158 Å². The van der Waals surface area contributed by atoms with Crippen molar-refractivity contribution in [2.24, 2.45) is 7.05 Å². The number of pyridine rings is 1. The summed E-state index contributed by atoms with van der Waals surface area (Å²) in [7, 11) is 4.97. The summed E-state index contributed by atoms with van der Waals surface area (Å²) in [4.78, 5) is 17.8. The zero-order chi connectivity index (χ0) is 19.7. The van der Waals surface area contributed by atoms with Crippen LogP contribution in [0.5, 0.6) is 11.5 Å². The lowest BCUT2D eigenvalue weighted by molar-refractivity contribution is 0.102. The predicted molar refractivity (Wildman–Crippen MR) is 105 cm³/mol. The third-order valence-electron chi connectivity index (χ3n) is 4.43. The number of rotatable bonds is 5. The molecule has 3 rings (SSSR count). The third-order valence-corrected chi connectivity index (χ3v) is 4.43. The lowest BCUT2D eigenvalue weighted by atomic mass is 10.0. The van der Waals surface area contributed by atoms with Gasteiger partial charge in [0.15, 0.2) is 5.65 Å². The lowest BCUT2D eigenvalue weighted by Gasteiger charge is -2.12. The van der Waals surface area contributed by atoms with Gasteiger partial charge in [-0.05, 0) is 18.9 Å². The molecular weight excluding hydrogens is 344 g/mol. The molecule has 0 bridgehead atoms. The predicted octanol–water partition coefficient (Wildman–Crippen LogP) is 3.67. The Hall–Kier alpha value is -3.09. The number of anilines is 1. The van der Waals surface area contributed by atoms with E-state index in [-0.39, 0.29) is 11.8 Å². The van der Waals surface area contributed by atoms with Crippen LogP contribution in [0.25, 0.3) is 11.0 Å². The fraction of sp³-hybridized carbons (Fsp3) is 0.350. The van der Waals surface area contributed by atoms with Gasteiger partial charge >= 0.3 is 0 Å². The van der Waals surface area contributed by atoms with Crippen LogP contribution in [-0.2, 0) is 7.05 Å². The van der Waals surface area contributed by atoms with E-state index in [1.165, 1.54) is 0 Å². The number of hydrogen-bond acceptors (Lipinski definition) is 5. The molecule has 1 aromatic carbocycles. The molecule has 0 atom stereocenters. The maximum absolute atomic E-state index is 13.1. The van der Waals surface area contributed by atoms with Gasteiger partial charge in [0, 0.05) is 36.6 Å². The van der Waals surface area contributed by atoms with Crippen LogP contribution < -0.4 is 14.8 Å². The molecule has 7 heteroatoms. The van der Waals surface area contributed by atoms with Crippen molar-refractivity contribution in [3.05, 3.63) is 41.2 Å². The first kappa shape index (κ1) is 18.7. The van der Waals surface area contributed by atoms with Crippen LogP contribution in [0.1, 0.15) is 41.5 Å². The Bertz CT molecular complexity index is 986. The van der Waals surface area contributed by atoms with E-state index in [1.807, 2.05) is 33.9 Å². The van der Waals surface area contributed by atoms with E-state index in [1.54, 1.807) is 37.1 Å². The van der Waals surface area contributed by atoms with Gasteiger partial charge in [-0.2, -0.15) is 5.10 Å².